The third-order valence-corrected chi connectivity index (χ3v) is 2.84. The van der Waals surface area contributed by atoms with Gasteiger partial charge < -0.3 is 15.3 Å². The van der Waals surface area contributed by atoms with Gasteiger partial charge in [-0.3, -0.25) is 0 Å². The van der Waals surface area contributed by atoms with Crippen LogP contribution in [0.5, 0.6) is 11.5 Å². The molecule has 0 saturated carbocycles. The molecule has 0 radical (unpaired) electrons. The highest BCUT2D eigenvalue weighted by molar-refractivity contribution is 14.1. The van der Waals surface area contributed by atoms with Crippen molar-refractivity contribution < 1.29 is 9.84 Å². The molecule has 4 heteroatoms. The molecule has 0 fully saturated rings. The monoisotopic (exact) mass is 305 g/mol. The quantitative estimate of drug-likeness (QED) is 0.666. The number of methoxy groups -OCH3 is 1. The third kappa shape index (κ3) is 2.17. The second-order valence-corrected chi connectivity index (χ2v) is 4.00. The smallest absolute Gasteiger partial charge is 0.161 e. The van der Waals surface area contributed by atoms with Gasteiger partial charge in [-0.1, -0.05) is 6.92 Å². The molecule has 2 N–H and O–H groups in total. The van der Waals surface area contributed by atoms with E-state index >= 15 is 0 Å². The summed E-state index contributed by atoms with van der Waals surface area (Å²) in [4.78, 5) is 0. The fourth-order valence-corrected chi connectivity index (χ4v) is 1.89. The van der Waals surface area contributed by atoms with E-state index < -0.39 is 0 Å². The van der Waals surface area contributed by atoms with Crippen LogP contribution in [0.25, 0.3) is 0 Å². The highest BCUT2D eigenvalue weighted by Crippen LogP contribution is 2.30. The number of phenols is 1. The number of rotatable bonds is 3. The number of nitrogens with one attached hydrogen (secondary N) is 1. The molecule has 0 bridgehead atoms. The summed E-state index contributed by atoms with van der Waals surface area (Å²) in [5.41, 5.74) is 1.29. The van der Waals surface area contributed by atoms with Crippen LogP contribution in [-0.4, -0.2) is 17.9 Å². The lowest BCUT2D eigenvalue weighted by Gasteiger charge is -2.08. The lowest BCUT2D eigenvalue weighted by molar-refractivity contribution is 0.373. The Labute approximate surface area is 96.7 Å². The van der Waals surface area contributed by atoms with Crippen molar-refractivity contribution in [3.63, 3.8) is 0 Å². The summed E-state index contributed by atoms with van der Waals surface area (Å²) in [6, 6.07) is 3.31. The molecule has 0 aliphatic rings. The van der Waals surface area contributed by atoms with E-state index in [-0.39, 0.29) is 5.75 Å². The minimum absolute atomic E-state index is 0.0844. The molecule has 1 aromatic carbocycles. The van der Waals surface area contributed by atoms with Gasteiger partial charge in [0, 0.05) is 14.8 Å². The Balaban J connectivity index is 3.21. The number of aromatic hydroxyl groups is 1. The van der Waals surface area contributed by atoms with Crippen LogP contribution in [0.15, 0.2) is 12.1 Å². The molecule has 0 saturated heterocycles. The van der Waals surface area contributed by atoms with Crippen molar-refractivity contribution in [2.45, 2.75) is 13.3 Å². The molecule has 14 heavy (non-hydrogen) atoms. The zero-order chi connectivity index (χ0) is 10.7. The van der Waals surface area contributed by atoms with Gasteiger partial charge in [-0.05, 0) is 41.1 Å². The van der Waals surface area contributed by atoms with E-state index in [2.05, 4.69) is 22.6 Å². The maximum absolute atomic E-state index is 9.54. The fourth-order valence-electron chi connectivity index (χ4n) is 1.13. The number of hydrogen-bond acceptors (Lipinski definition) is 3. The Bertz CT molecular complexity index is 363. The summed E-state index contributed by atoms with van der Waals surface area (Å²) >= 11 is 2.13. The Morgan fingerprint density at radius 2 is 2.21 bits per heavy atom. The second kappa shape index (κ2) is 4.63. The Kier molecular flexibility index (Phi) is 3.74. The summed E-state index contributed by atoms with van der Waals surface area (Å²) in [7, 11) is 1.51. The van der Waals surface area contributed by atoms with Crippen LogP contribution < -0.4 is 4.74 Å². The van der Waals surface area contributed by atoms with E-state index in [9.17, 15) is 5.11 Å². The summed E-state index contributed by atoms with van der Waals surface area (Å²) in [6.45, 7) is 1.92. The van der Waals surface area contributed by atoms with Crippen LogP contribution in [0.4, 0.5) is 0 Å². The average Bonchev–Trinajstić information content (AvgIpc) is 2.19. The minimum atomic E-state index is 0.0844. The van der Waals surface area contributed by atoms with E-state index in [4.69, 9.17) is 10.1 Å². The minimum Gasteiger partial charge on any atom is -0.504 e. The molecule has 3 nitrogen and oxygen atoms in total. The van der Waals surface area contributed by atoms with E-state index in [0.29, 0.717) is 17.9 Å². The maximum Gasteiger partial charge on any atom is 0.161 e. The zero-order valence-corrected chi connectivity index (χ0v) is 10.3. The van der Waals surface area contributed by atoms with Crippen molar-refractivity contribution in [2.75, 3.05) is 7.11 Å². The van der Waals surface area contributed by atoms with Gasteiger partial charge in [0.1, 0.15) is 0 Å². The highest BCUT2D eigenvalue weighted by atomic mass is 127. The normalized spacial score (nSPS) is 9.93. The summed E-state index contributed by atoms with van der Waals surface area (Å²) in [5.74, 6) is 0.531. The van der Waals surface area contributed by atoms with Crippen molar-refractivity contribution in [1.29, 1.82) is 5.41 Å². The summed E-state index contributed by atoms with van der Waals surface area (Å²) in [5, 5.41) is 17.2. The number of ether oxygens (including phenoxy) is 1. The molecule has 0 amide bonds. The standard InChI is InChI=1S/C10H12INO2/c1-3-8(12)6-4-9(13)10(14-2)5-7(6)11/h4-5,12-13H,3H2,1-2H3. The topological polar surface area (TPSA) is 53.3 Å². The molecule has 0 aliphatic carbocycles. The number of benzene rings is 1. The van der Waals surface area contributed by atoms with E-state index in [1.54, 1.807) is 12.1 Å². The molecule has 0 unspecified atom stereocenters. The first-order valence-electron chi connectivity index (χ1n) is 4.24. The van der Waals surface area contributed by atoms with Crippen LogP contribution in [-0.2, 0) is 0 Å². The van der Waals surface area contributed by atoms with Crippen molar-refractivity contribution in [3.8, 4) is 11.5 Å². The van der Waals surface area contributed by atoms with E-state index in [1.807, 2.05) is 6.92 Å². The van der Waals surface area contributed by atoms with Crippen LogP contribution >= 0.6 is 22.6 Å². The van der Waals surface area contributed by atoms with Gasteiger partial charge in [-0.25, -0.2) is 0 Å². The number of phenolic OH excluding ortho intramolecular Hbond substituents is 1. The van der Waals surface area contributed by atoms with Gasteiger partial charge in [-0.15, -0.1) is 0 Å². The van der Waals surface area contributed by atoms with Gasteiger partial charge in [0.25, 0.3) is 0 Å². The van der Waals surface area contributed by atoms with E-state index in [1.165, 1.54) is 7.11 Å². The van der Waals surface area contributed by atoms with Crippen LogP contribution in [0.2, 0.25) is 0 Å². The predicted octanol–water partition coefficient (Wildman–Crippen LogP) is 2.78. The van der Waals surface area contributed by atoms with Crippen molar-refractivity contribution >= 4 is 28.3 Å². The SMILES string of the molecule is CCC(=N)c1cc(O)c(OC)cc1I. The van der Waals surface area contributed by atoms with Crippen LogP contribution in [0, 0.1) is 8.98 Å². The lowest BCUT2D eigenvalue weighted by Crippen LogP contribution is -2.00. The van der Waals surface area contributed by atoms with Crippen LogP contribution in [0.1, 0.15) is 18.9 Å². The first-order chi connectivity index (χ1) is 6.60. The molecular formula is C10H12INO2. The van der Waals surface area contributed by atoms with Gasteiger partial charge in [0.2, 0.25) is 0 Å². The van der Waals surface area contributed by atoms with E-state index in [0.717, 1.165) is 9.13 Å². The molecule has 1 rings (SSSR count). The van der Waals surface area contributed by atoms with Crippen LogP contribution in [0.3, 0.4) is 0 Å². The molecule has 0 aliphatic heterocycles. The van der Waals surface area contributed by atoms with Gasteiger partial charge in [0.15, 0.2) is 11.5 Å². The molecule has 0 spiro atoms. The Morgan fingerprint density at radius 1 is 1.57 bits per heavy atom. The first-order valence-corrected chi connectivity index (χ1v) is 5.32. The third-order valence-electron chi connectivity index (χ3n) is 1.95. The molecule has 1 aromatic rings. The summed E-state index contributed by atoms with van der Waals surface area (Å²) < 4.78 is 5.89. The molecule has 0 aromatic heterocycles. The van der Waals surface area contributed by atoms with Crippen molar-refractivity contribution in [2.24, 2.45) is 0 Å². The molecule has 0 heterocycles. The van der Waals surface area contributed by atoms with Gasteiger partial charge >= 0.3 is 0 Å². The largest absolute Gasteiger partial charge is 0.504 e. The Hall–Kier alpha value is -0.780. The first kappa shape index (κ1) is 11.3. The maximum atomic E-state index is 9.54. The zero-order valence-electron chi connectivity index (χ0n) is 8.10. The number of hydrogen-bond donors (Lipinski definition) is 2. The van der Waals surface area contributed by atoms with Gasteiger partial charge in [0.05, 0.1) is 7.11 Å². The number of halogens is 1. The summed E-state index contributed by atoms with van der Waals surface area (Å²) in [6.07, 6.45) is 0.655. The van der Waals surface area contributed by atoms with Gasteiger partial charge in [-0.2, -0.15) is 0 Å². The van der Waals surface area contributed by atoms with Crippen molar-refractivity contribution in [1.82, 2.24) is 0 Å². The lowest BCUT2D eigenvalue weighted by atomic mass is 10.1. The fraction of sp³-hybridized carbons (Fsp3) is 0.300. The van der Waals surface area contributed by atoms with Crippen molar-refractivity contribution in [3.05, 3.63) is 21.3 Å². The second-order valence-electron chi connectivity index (χ2n) is 2.84. The Morgan fingerprint density at radius 3 is 2.71 bits per heavy atom. The molecular weight excluding hydrogens is 293 g/mol. The average molecular weight is 305 g/mol. The highest BCUT2D eigenvalue weighted by Gasteiger charge is 2.10. The predicted molar refractivity (Wildman–Crippen MR) is 64.5 cm³/mol. The molecule has 76 valence electrons. The molecule has 0 atom stereocenters.